The van der Waals surface area contributed by atoms with E-state index in [1.54, 1.807) is 7.11 Å². The first kappa shape index (κ1) is 15.5. The molecule has 0 bridgehead atoms. The number of hydrogen-bond acceptors (Lipinski definition) is 4. The highest BCUT2D eigenvalue weighted by Crippen LogP contribution is 2.46. The zero-order valence-electron chi connectivity index (χ0n) is 13.1. The largest absolute Gasteiger partial charge is 0.445 e. The molecule has 1 aliphatic carbocycles. The standard InChI is InChI=1S/C16H28N2O2/c1-16(2)8-5-4-6-13(16)14-12-18-15(20-14)7-9-17-10-11-19-3/h12-13,17H,4-11H2,1-3H3. The van der Waals surface area contributed by atoms with E-state index in [2.05, 4.69) is 24.1 Å². The molecule has 0 radical (unpaired) electrons. The van der Waals surface area contributed by atoms with Gasteiger partial charge in [-0.25, -0.2) is 4.98 Å². The second-order valence-corrected chi connectivity index (χ2v) is 6.44. The Morgan fingerprint density at radius 1 is 1.40 bits per heavy atom. The lowest BCUT2D eigenvalue weighted by Gasteiger charge is -2.37. The Kier molecular flexibility index (Phi) is 5.61. The lowest BCUT2D eigenvalue weighted by atomic mass is 9.68. The number of nitrogens with zero attached hydrogens (tertiary/aromatic N) is 1. The van der Waals surface area contributed by atoms with E-state index >= 15 is 0 Å². The van der Waals surface area contributed by atoms with Gasteiger partial charge in [0.25, 0.3) is 0 Å². The van der Waals surface area contributed by atoms with Crippen LogP contribution in [-0.2, 0) is 11.2 Å². The Morgan fingerprint density at radius 2 is 2.25 bits per heavy atom. The molecule has 0 aliphatic heterocycles. The van der Waals surface area contributed by atoms with Crippen LogP contribution in [0, 0.1) is 5.41 Å². The fraction of sp³-hybridized carbons (Fsp3) is 0.812. The van der Waals surface area contributed by atoms with Crippen molar-refractivity contribution >= 4 is 0 Å². The molecule has 0 aromatic carbocycles. The molecule has 1 aliphatic rings. The van der Waals surface area contributed by atoms with Crippen LogP contribution >= 0.6 is 0 Å². The number of hydrogen-bond donors (Lipinski definition) is 1. The van der Waals surface area contributed by atoms with Crippen molar-refractivity contribution in [2.24, 2.45) is 5.41 Å². The van der Waals surface area contributed by atoms with Crippen LogP contribution in [0.1, 0.15) is 57.1 Å². The lowest BCUT2D eigenvalue weighted by molar-refractivity contribution is 0.176. The summed E-state index contributed by atoms with van der Waals surface area (Å²) in [4.78, 5) is 4.44. The first-order valence-corrected chi connectivity index (χ1v) is 7.78. The van der Waals surface area contributed by atoms with Crippen molar-refractivity contribution in [3.05, 3.63) is 17.8 Å². The summed E-state index contributed by atoms with van der Waals surface area (Å²) in [5.74, 6) is 2.46. The number of rotatable bonds is 7. The monoisotopic (exact) mass is 280 g/mol. The highest BCUT2D eigenvalue weighted by molar-refractivity contribution is 5.08. The van der Waals surface area contributed by atoms with Crippen LogP contribution in [0.25, 0.3) is 0 Å². The summed E-state index contributed by atoms with van der Waals surface area (Å²) >= 11 is 0. The Balaban J connectivity index is 1.85. The van der Waals surface area contributed by atoms with Crippen LogP contribution in [0.3, 0.4) is 0 Å². The van der Waals surface area contributed by atoms with Crippen molar-refractivity contribution in [3.63, 3.8) is 0 Å². The average molecular weight is 280 g/mol. The zero-order chi connectivity index (χ0) is 14.4. The van der Waals surface area contributed by atoms with E-state index in [0.29, 0.717) is 11.3 Å². The van der Waals surface area contributed by atoms with Gasteiger partial charge >= 0.3 is 0 Å². The third kappa shape index (κ3) is 4.06. The maximum absolute atomic E-state index is 5.98. The average Bonchev–Trinajstić information content (AvgIpc) is 2.86. The molecule has 20 heavy (non-hydrogen) atoms. The molecule has 1 fully saturated rings. The molecule has 1 N–H and O–H groups in total. The third-order valence-electron chi connectivity index (χ3n) is 4.42. The second kappa shape index (κ2) is 7.23. The zero-order valence-corrected chi connectivity index (χ0v) is 13.1. The molecule has 0 spiro atoms. The second-order valence-electron chi connectivity index (χ2n) is 6.44. The maximum atomic E-state index is 5.98. The highest BCUT2D eigenvalue weighted by Gasteiger charge is 2.35. The van der Waals surface area contributed by atoms with Crippen molar-refractivity contribution in [2.45, 2.75) is 51.9 Å². The maximum Gasteiger partial charge on any atom is 0.195 e. The van der Waals surface area contributed by atoms with Gasteiger partial charge in [0.05, 0.1) is 12.8 Å². The van der Waals surface area contributed by atoms with Crippen LogP contribution < -0.4 is 5.32 Å². The fourth-order valence-corrected chi connectivity index (χ4v) is 3.12. The third-order valence-corrected chi connectivity index (χ3v) is 4.42. The Bertz CT molecular complexity index is 401. The van der Waals surface area contributed by atoms with E-state index in [-0.39, 0.29) is 0 Å². The molecular formula is C16H28N2O2. The van der Waals surface area contributed by atoms with Crippen molar-refractivity contribution in [2.75, 3.05) is 26.8 Å². The number of ether oxygens (including phenoxy) is 1. The minimum atomic E-state index is 0.339. The minimum Gasteiger partial charge on any atom is -0.445 e. The van der Waals surface area contributed by atoms with Gasteiger partial charge in [0.2, 0.25) is 0 Å². The molecule has 1 saturated carbocycles. The van der Waals surface area contributed by atoms with Gasteiger partial charge in [0, 0.05) is 32.5 Å². The predicted octanol–water partition coefficient (Wildman–Crippen LogP) is 3.14. The van der Waals surface area contributed by atoms with Gasteiger partial charge < -0.3 is 14.5 Å². The highest BCUT2D eigenvalue weighted by atomic mass is 16.5. The van der Waals surface area contributed by atoms with E-state index in [9.17, 15) is 0 Å². The van der Waals surface area contributed by atoms with Gasteiger partial charge in [0.1, 0.15) is 5.76 Å². The van der Waals surface area contributed by atoms with Gasteiger partial charge in [-0.15, -0.1) is 0 Å². The molecule has 1 aromatic heterocycles. The number of oxazole rings is 1. The van der Waals surface area contributed by atoms with Gasteiger partial charge in [0.15, 0.2) is 5.89 Å². The van der Waals surface area contributed by atoms with Crippen molar-refractivity contribution in [1.82, 2.24) is 10.3 Å². The van der Waals surface area contributed by atoms with Gasteiger partial charge in [-0.2, -0.15) is 0 Å². The van der Waals surface area contributed by atoms with Crippen molar-refractivity contribution < 1.29 is 9.15 Å². The molecular weight excluding hydrogens is 252 g/mol. The van der Waals surface area contributed by atoms with E-state index in [1.807, 2.05) is 6.20 Å². The molecule has 2 rings (SSSR count). The summed E-state index contributed by atoms with van der Waals surface area (Å²) in [6.07, 6.45) is 7.95. The molecule has 1 aromatic rings. The quantitative estimate of drug-likeness (QED) is 0.780. The van der Waals surface area contributed by atoms with Gasteiger partial charge in [-0.1, -0.05) is 26.7 Å². The molecule has 1 atom stereocenters. The summed E-state index contributed by atoms with van der Waals surface area (Å²) in [5, 5.41) is 3.31. The Morgan fingerprint density at radius 3 is 3.00 bits per heavy atom. The summed E-state index contributed by atoms with van der Waals surface area (Å²) in [7, 11) is 1.72. The van der Waals surface area contributed by atoms with E-state index in [4.69, 9.17) is 9.15 Å². The first-order chi connectivity index (χ1) is 9.63. The number of methoxy groups -OCH3 is 1. The van der Waals surface area contributed by atoms with Crippen LogP contribution in [0.15, 0.2) is 10.6 Å². The fourth-order valence-electron chi connectivity index (χ4n) is 3.12. The first-order valence-electron chi connectivity index (χ1n) is 7.78. The molecule has 4 heteroatoms. The SMILES string of the molecule is COCCNCCc1ncc(C2CCCCC2(C)C)o1. The normalized spacial score (nSPS) is 22.1. The summed E-state index contributed by atoms with van der Waals surface area (Å²) in [5.41, 5.74) is 0.339. The lowest BCUT2D eigenvalue weighted by Crippen LogP contribution is -2.25. The van der Waals surface area contributed by atoms with Crippen LogP contribution in [0.5, 0.6) is 0 Å². The summed E-state index contributed by atoms with van der Waals surface area (Å²) < 4.78 is 11.0. The molecule has 0 amide bonds. The molecule has 1 heterocycles. The van der Waals surface area contributed by atoms with Crippen LogP contribution in [0.2, 0.25) is 0 Å². The number of aromatic nitrogens is 1. The minimum absolute atomic E-state index is 0.339. The smallest absolute Gasteiger partial charge is 0.195 e. The Labute approximate surface area is 122 Å². The summed E-state index contributed by atoms with van der Waals surface area (Å²) in [6, 6.07) is 0. The predicted molar refractivity (Wildman–Crippen MR) is 79.9 cm³/mol. The molecule has 114 valence electrons. The van der Waals surface area contributed by atoms with Gasteiger partial charge in [-0.3, -0.25) is 0 Å². The van der Waals surface area contributed by atoms with Crippen molar-refractivity contribution in [3.8, 4) is 0 Å². The summed E-state index contributed by atoms with van der Waals surface area (Å²) in [6.45, 7) is 7.21. The topological polar surface area (TPSA) is 47.3 Å². The Hall–Kier alpha value is -0.870. The number of nitrogens with one attached hydrogen (secondary N) is 1. The van der Waals surface area contributed by atoms with E-state index in [0.717, 1.165) is 37.8 Å². The molecule has 1 unspecified atom stereocenters. The van der Waals surface area contributed by atoms with Crippen molar-refractivity contribution in [1.29, 1.82) is 0 Å². The van der Waals surface area contributed by atoms with Crippen LogP contribution in [0.4, 0.5) is 0 Å². The van der Waals surface area contributed by atoms with Crippen LogP contribution in [-0.4, -0.2) is 31.8 Å². The molecule has 0 saturated heterocycles. The molecule has 4 nitrogen and oxygen atoms in total. The van der Waals surface area contributed by atoms with Gasteiger partial charge in [-0.05, 0) is 18.3 Å². The van der Waals surface area contributed by atoms with E-state index in [1.165, 1.54) is 25.7 Å². The van der Waals surface area contributed by atoms with E-state index < -0.39 is 0 Å².